The van der Waals surface area contributed by atoms with E-state index in [1.54, 1.807) is 54.6 Å². The van der Waals surface area contributed by atoms with Gasteiger partial charge in [-0.05, 0) is 54.3 Å². The van der Waals surface area contributed by atoms with Crippen LogP contribution < -0.4 is 21.7 Å². The maximum absolute atomic E-state index is 13.3. The summed E-state index contributed by atoms with van der Waals surface area (Å²) in [6, 6.07) is 16.6. The van der Waals surface area contributed by atoms with E-state index in [2.05, 4.69) is 16.0 Å². The maximum atomic E-state index is 13.3. The molecule has 0 fully saturated rings. The van der Waals surface area contributed by atoms with E-state index in [-0.39, 0.29) is 30.8 Å². The molecule has 3 amide bonds. The number of aromatic hydroxyl groups is 2. The van der Waals surface area contributed by atoms with Crippen molar-refractivity contribution in [1.82, 2.24) is 16.0 Å². The van der Waals surface area contributed by atoms with Crippen LogP contribution in [0.4, 0.5) is 0 Å². The molecule has 0 saturated heterocycles. The summed E-state index contributed by atoms with van der Waals surface area (Å²) in [6.07, 6.45) is 0.209. The first kappa shape index (κ1) is 30.6. The molecule has 11 heteroatoms. The van der Waals surface area contributed by atoms with Gasteiger partial charge in [0, 0.05) is 12.8 Å². The summed E-state index contributed by atoms with van der Waals surface area (Å²) in [5, 5.41) is 36.3. The van der Waals surface area contributed by atoms with Crippen molar-refractivity contribution in [2.75, 3.05) is 0 Å². The Morgan fingerprint density at radius 1 is 0.634 bits per heavy atom. The van der Waals surface area contributed by atoms with Crippen LogP contribution in [0.15, 0.2) is 78.9 Å². The highest BCUT2D eigenvalue weighted by atomic mass is 16.4. The highest BCUT2D eigenvalue weighted by Crippen LogP contribution is 2.13. The molecule has 0 saturated carbocycles. The Morgan fingerprint density at radius 3 is 1.63 bits per heavy atom. The van der Waals surface area contributed by atoms with E-state index < -0.39 is 47.9 Å². The number of aliphatic carboxylic acids is 1. The van der Waals surface area contributed by atoms with Crippen LogP contribution in [0.2, 0.25) is 0 Å². The van der Waals surface area contributed by atoms with Crippen LogP contribution >= 0.6 is 0 Å². The SMILES string of the molecule is CC(NC(=O)C(N)Cc1ccc(O)cc1)C(=O)NC(Cc1ccccc1)C(=O)NC(Cc1ccc(O)cc1)C(=O)O. The molecular weight excluding hydrogens is 528 g/mol. The number of phenolic OH excluding ortho intramolecular Hbond substituents is 2. The van der Waals surface area contributed by atoms with E-state index in [9.17, 15) is 34.5 Å². The second-order valence-electron chi connectivity index (χ2n) is 9.73. The lowest BCUT2D eigenvalue weighted by atomic mass is 10.0. The molecule has 0 heterocycles. The van der Waals surface area contributed by atoms with Crippen LogP contribution in [0.5, 0.6) is 11.5 Å². The van der Waals surface area contributed by atoms with Crippen LogP contribution in [-0.4, -0.2) is 63.2 Å². The topological polar surface area (TPSA) is 191 Å². The van der Waals surface area contributed by atoms with Gasteiger partial charge in [-0.2, -0.15) is 0 Å². The van der Waals surface area contributed by atoms with E-state index in [0.717, 1.165) is 11.1 Å². The molecule has 3 rings (SSSR count). The first-order chi connectivity index (χ1) is 19.5. The normalized spacial score (nSPS) is 13.7. The summed E-state index contributed by atoms with van der Waals surface area (Å²) in [6.45, 7) is 1.45. The number of phenols is 2. The Labute approximate surface area is 237 Å². The number of amides is 3. The van der Waals surface area contributed by atoms with E-state index >= 15 is 0 Å². The average molecular weight is 563 g/mol. The van der Waals surface area contributed by atoms with Gasteiger partial charge in [0.15, 0.2) is 0 Å². The summed E-state index contributed by atoms with van der Waals surface area (Å²) in [5.41, 5.74) is 8.04. The predicted molar refractivity (Wildman–Crippen MR) is 151 cm³/mol. The van der Waals surface area contributed by atoms with Gasteiger partial charge in [-0.15, -0.1) is 0 Å². The number of carbonyl (C=O) groups is 4. The fourth-order valence-corrected chi connectivity index (χ4v) is 4.06. The van der Waals surface area contributed by atoms with Gasteiger partial charge < -0.3 is 37.0 Å². The van der Waals surface area contributed by atoms with E-state index in [4.69, 9.17) is 5.73 Å². The third-order valence-corrected chi connectivity index (χ3v) is 6.39. The molecule has 0 spiro atoms. The second-order valence-corrected chi connectivity index (χ2v) is 9.73. The largest absolute Gasteiger partial charge is 0.508 e. The molecule has 41 heavy (non-hydrogen) atoms. The molecule has 8 N–H and O–H groups in total. The zero-order valence-corrected chi connectivity index (χ0v) is 22.5. The fourth-order valence-electron chi connectivity index (χ4n) is 4.06. The van der Waals surface area contributed by atoms with Crippen LogP contribution in [0.3, 0.4) is 0 Å². The van der Waals surface area contributed by atoms with Gasteiger partial charge in [-0.1, -0.05) is 54.6 Å². The van der Waals surface area contributed by atoms with Gasteiger partial charge in [0.25, 0.3) is 0 Å². The van der Waals surface area contributed by atoms with Gasteiger partial charge in [0.2, 0.25) is 17.7 Å². The number of carboxylic acids is 1. The minimum atomic E-state index is -1.29. The van der Waals surface area contributed by atoms with E-state index in [0.29, 0.717) is 5.56 Å². The van der Waals surface area contributed by atoms with Gasteiger partial charge >= 0.3 is 5.97 Å². The lowest BCUT2D eigenvalue weighted by Gasteiger charge is -2.24. The molecule has 3 aromatic carbocycles. The van der Waals surface area contributed by atoms with E-state index in [1.165, 1.54) is 31.2 Å². The molecule has 4 atom stereocenters. The number of nitrogens with one attached hydrogen (secondary N) is 3. The van der Waals surface area contributed by atoms with Gasteiger partial charge in [-0.25, -0.2) is 4.79 Å². The molecule has 0 bridgehead atoms. The average Bonchev–Trinajstić information content (AvgIpc) is 2.94. The first-order valence-corrected chi connectivity index (χ1v) is 13.0. The molecule has 3 aromatic rings. The zero-order chi connectivity index (χ0) is 29.9. The third kappa shape index (κ3) is 9.66. The lowest BCUT2D eigenvalue weighted by Crippen LogP contribution is -2.57. The molecule has 216 valence electrons. The summed E-state index contributed by atoms with van der Waals surface area (Å²) >= 11 is 0. The fraction of sp³-hybridized carbons (Fsp3) is 0.267. The number of carbonyl (C=O) groups excluding carboxylic acids is 3. The standard InChI is InChI=1S/C30H34N4O7/c1-18(32-28(38)24(31)15-20-7-11-22(35)12-8-20)27(37)33-25(16-19-5-3-2-4-6-19)29(39)34-26(30(40)41)17-21-9-13-23(36)14-10-21/h2-14,18,24-26,35-36H,15-17,31H2,1H3,(H,32,38)(H,33,37)(H,34,39)(H,40,41). The maximum Gasteiger partial charge on any atom is 0.326 e. The summed E-state index contributed by atoms with van der Waals surface area (Å²) in [4.78, 5) is 50.9. The summed E-state index contributed by atoms with van der Waals surface area (Å²) in [5.74, 6) is -3.10. The third-order valence-electron chi connectivity index (χ3n) is 6.39. The first-order valence-electron chi connectivity index (χ1n) is 13.0. The highest BCUT2D eigenvalue weighted by Gasteiger charge is 2.29. The molecule has 0 aliphatic heterocycles. The number of carboxylic acid groups (broad SMARTS) is 1. The van der Waals surface area contributed by atoms with E-state index in [1.807, 2.05) is 0 Å². The number of hydrogen-bond donors (Lipinski definition) is 7. The minimum Gasteiger partial charge on any atom is -0.508 e. The van der Waals surface area contributed by atoms with Crippen molar-refractivity contribution in [3.63, 3.8) is 0 Å². The molecule has 0 radical (unpaired) electrons. The number of hydrogen-bond acceptors (Lipinski definition) is 7. The Hall–Kier alpha value is -4.90. The van der Waals surface area contributed by atoms with Gasteiger partial charge in [0.05, 0.1) is 6.04 Å². The lowest BCUT2D eigenvalue weighted by molar-refractivity contribution is -0.142. The molecule has 0 aliphatic carbocycles. The Morgan fingerprint density at radius 2 is 1.10 bits per heavy atom. The smallest absolute Gasteiger partial charge is 0.326 e. The minimum absolute atomic E-state index is 0.0258. The van der Waals surface area contributed by atoms with Crippen molar-refractivity contribution >= 4 is 23.7 Å². The second kappa shape index (κ2) is 14.5. The number of rotatable bonds is 13. The zero-order valence-electron chi connectivity index (χ0n) is 22.5. The predicted octanol–water partition coefficient (Wildman–Crippen LogP) is 1.01. The molecule has 11 nitrogen and oxygen atoms in total. The van der Waals surface area contributed by atoms with Crippen LogP contribution in [-0.2, 0) is 38.4 Å². The highest BCUT2D eigenvalue weighted by molar-refractivity contribution is 5.94. The molecule has 0 aromatic heterocycles. The van der Waals surface area contributed by atoms with Crippen molar-refractivity contribution in [3.8, 4) is 11.5 Å². The summed E-state index contributed by atoms with van der Waals surface area (Å²) in [7, 11) is 0. The Bertz CT molecular complexity index is 1330. The Kier molecular flexibility index (Phi) is 10.8. The van der Waals surface area contributed by atoms with Crippen molar-refractivity contribution in [2.45, 2.75) is 50.4 Å². The summed E-state index contributed by atoms with van der Waals surface area (Å²) < 4.78 is 0. The van der Waals surface area contributed by atoms with Crippen molar-refractivity contribution in [2.24, 2.45) is 5.73 Å². The van der Waals surface area contributed by atoms with Gasteiger partial charge in [0.1, 0.15) is 29.6 Å². The van der Waals surface area contributed by atoms with Gasteiger partial charge in [-0.3, -0.25) is 14.4 Å². The quantitative estimate of drug-likeness (QED) is 0.160. The van der Waals surface area contributed by atoms with Crippen molar-refractivity contribution in [1.29, 1.82) is 0 Å². The van der Waals surface area contributed by atoms with Crippen molar-refractivity contribution in [3.05, 3.63) is 95.6 Å². The van der Waals surface area contributed by atoms with Crippen molar-refractivity contribution < 1.29 is 34.5 Å². The molecule has 0 aliphatic rings. The monoisotopic (exact) mass is 562 g/mol. The molecular formula is C30H34N4O7. The van der Waals surface area contributed by atoms with Crippen LogP contribution in [0.1, 0.15) is 23.6 Å². The van der Waals surface area contributed by atoms with Crippen LogP contribution in [0, 0.1) is 0 Å². The number of nitrogens with two attached hydrogens (primary N) is 1. The molecule has 4 unspecified atom stereocenters. The number of benzene rings is 3. The van der Waals surface area contributed by atoms with Crippen LogP contribution in [0.25, 0.3) is 0 Å². The Balaban J connectivity index is 1.67.